The first kappa shape index (κ1) is 22.3. The number of carbonyl (C=O) groups is 2. The summed E-state index contributed by atoms with van der Waals surface area (Å²) in [5.74, 6) is -0.156. The summed E-state index contributed by atoms with van der Waals surface area (Å²) in [7, 11) is 1.50. The molecule has 0 unspecified atom stereocenters. The highest BCUT2D eigenvalue weighted by atomic mass is 35.5. The number of benzene rings is 2. The summed E-state index contributed by atoms with van der Waals surface area (Å²) >= 11 is 6.20. The summed E-state index contributed by atoms with van der Waals surface area (Å²) in [6.45, 7) is 5.73. The molecule has 0 atom stereocenters. The van der Waals surface area contributed by atoms with Crippen molar-refractivity contribution >= 4 is 35.2 Å². The fourth-order valence-corrected chi connectivity index (χ4v) is 2.80. The van der Waals surface area contributed by atoms with E-state index in [-0.39, 0.29) is 6.61 Å². The highest BCUT2D eigenvalue weighted by Gasteiger charge is 2.11. The lowest BCUT2D eigenvalue weighted by Crippen LogP contribution is -2.20. The van der Waals surface area contributed by atoms with E-state index >= 15 is 0 Å². The average Bonchev–Trinajstić information content (AvgIpc) is 2.69. The number of methoxy groups -OCH3 is 1. The molecule has 0 aromatic heterocycles. The number of rotatable bonds is 8. The van der Waals surface area contributed by atoms with Crippen molar-refractivity contribution in [3.8, 4) is 11.5 Å². The van der Waals surface area contributed by atoms with Gasteiger partial charge in [-0.25, -0.2) is 4.79 Å². The number of ether oxygens (including phenoxy) is 3. The van der Waals surface area contributed by atoms with Crippen molar-refractivity contribution in [1.29, 1.82) is 0 Å². The molecule has 2 rings (SSSR count). The Labute approximate surface area is 175 Å². The maximum absolute atomic E-state index is 12.0. The van der Waals surface area contributed by atoms with Crippen molar-refractivity contribution in [2.45, 2.75) is 20.8 Å². The van der Waals surface area contributed by atoms with Crippen LogP contribution in [-0.4, -0.2) is 32.2 Å². The Kier molecular flexibility index (Phi) is 8.09. The molecule has 2 aromatic carbocycles. The summed E-state index contributed by atoms with van der Waals surface area (Å²) in [6.07, 6.45) is 2.74. The third-order valence-corrected chi connectivity index (χ3v) is 4.25. The summed E-state index contributed by atoms with van der Waals surface area (Å²) in [4.78, 5) is 23.9. The summed E-state index contributed by atoms with van der Waals surface area (Å²) < 4.78 is 15.7. The number of amides is 1. The van der Waals surface area contributed by atoms with Gasteiger partial charge >= 0.3 is 5.97 Å². The molecule has 0 bridgehead atoms. The number of halogens is 1. The van der Waals surface area contributed by atoms with Crippen molar-refractivity contribution in [3.63, 3.8) is 0 Å². The van der Waals surface area contributed by atoms with E-state index in [1.807, 2.05) is 39.0 Å². The largest absolute Gasteiger partial charge is 0.493 e. The van der Waals surface area contributed by atoms with Gasteiger partial charge in [0.25, 0.3) is 5.91 Å². The van der Waals surface area contributed by atoms with Gasteiger partial charge < -0.3 is 19.5 Å². The SMILES string of the molecule is CCOc1c(Cl)cc(/C=C/C(=O)OCC(=O)Nc2cc(C)ccc2C)cc1OC. The minimum Gasteiger partial charge on any atom is -0.493 e. The topological polar surface area (TPSA) is 73.9 Å². The molecule has 0 spiro atoms. The van der Waals surface area contributed by atoms with Gasteiger partial charge in [0.15, 0.2) is 18.1 Å². The van der Waals surface area contributed by atoms with E-state index in [0.29, 0.717) is 34.4 Å². The Hall–Kier alpha value is -2.99. The fourth-order valence-electron chi connectivity index (χ4n) is 2.53. The van der Waals surface area contributed by atoms with Crippen LogP contribution in [0.3, 0.4) is 0 Å². The van der Waals surface area contributed by atoms with Gasteiger partial charge in [0.05, 0.1) is 18.7 Å². The van der Waals surface area contributed by atoms with Gasteiger partial charge in [-0.1, -0.05) is 23.7 Å². The lowest BCUT2D eigenvalue weighted by atomic mass is 10.1. The van der Waals surface area contributed by atoms with Crippen molar-refractivity contribution in [3.05, 3.63) is 58.1 Å². The van der Waals surface area contributed by atoms with Crippen LogP contribution in [0, 0.1) is 13.8 Å². The number of esters is 1. The normalized spacial score (nSPS) is 10.7. The predicted molar refractivity (Wildman–Crippen MR) is 114 cm³/mol. The molecule has 0 radical (unpaired) electrons. The first-order valence-electron chi connectivity index (χ1n) is 9.06. The first-order chi connectivity index (χ1) is 13.8. The second-order valence-electron chi connectivity index (χ2n) is 6.27. The van der Waals surface area contributed by atoms with Crippen molar-refractivity contribution in [1.82, 2.24) is 0 Å². The summed E-state index contributed by atoms with van der Waals surface area (Å²) in [6, 6.07) is 9.06. The van der Waals surface area contributed by atoms with Crippen LogP contribution < -0.4 is 14.8 Å². The maximum Gasteiger partial charge on any atom is 0.331 e. The van der Waals surface area contributed by atoms with Gasteiger partial charge in [-0.15, -0.1) is 0 Å². The molecule has 1 amide bonds. The molecule has 29 heavy (non-hydrogen) atoms. The van der Waals surface area contributed by atoms with Crippen molar-refractivity contribution in [2.24, 2.45) is 0 Å². The molecule has 6 nitrogen and oxygen atoms in total. The van der Waals surface area contributed by atoms with Crippen molar-refractivity contribution in [2.75, 3.05) is 25.6 Å². The third-order valence-electron chi connectivity index (χ3n) is 3.96. The monoisotopic (exact) mass is 417 g/mol. The predicted octanol–water partition coefficient (Wildman–Crippen LogP) is 4.56. The minimum absolute atomic E-state index is 0.368. The molecule has 1 N–H and O–H groups in total. The smallest absolute Gasteiger partial charge is 0.331 e. The summed E-state index contributed by atoms with van der Waals surface area (Å²) in [5.41, 5.74) is 3.27. The molecule has 0 aliphatic rings. The number of aryl methyl sites for hydroxylation is 2. The highest BCUT2D eigenvalue weighted by molar-refractivity contribution is 6.32. The zero-order valence-corrected chi connectivity index (χ0v) is 17.6. The van der Waals surface area contributed by atoms with E-state index in [4.69, 9.17) is 25.8 Å². The van der Waals surface area contributed by atoms with Gasteiger partial charge in [-0.05, 0) is 61.7 Å². The molecular formula is C22H24ClNO5. The first-order valence-corrected chi connectivity index (χ1v) is 9.44. The molecule has 0 aliphatic carbocycles. The molecule has 0 saturated carbocycles. The van der Waals surface area contributed by atoms with Crippen LogP contribution >= 0.6 is 11.6 Å². The van der Waals surface area contributed by atoms with E-state index in [1.165, 1.54) is 19.3 Å². The van der Waals surface area contributed by atoms with Crippen LogP contribution in [0.25, 0.3) is 6.08 Å². The number of hydrogen-bond donors (Lipinski definition) is 1. The van der Waals surface area contributed by atoms with Crippen LogP contribution in [0.4, 0.5) is 5.69 Å². The Morgan fingerprint density at radius 2 is 1.93 bits per heavy atom. The van der Waals surface area contributed by atoms with Crippen LogP contribution in [0.15, 0.2) is 36.4 Å². The number of anilines is 1. The summed E-state index contributed by atoms with van der Waals surface area (Å²) in [5, 5.41) is 3.10. The molecule has 0 aliphatic heterocycles. The average molecular weight is 418 g/mol. The lowest BCUT2D eigenvalue weighted by molar-refractivity contribution is -0.142. The minimum atomic E-state index is -0.648. The molecule has 0 heterocycles. The molecule has 0 saturated heterocycles. The Morgan fingerprint density at radius 1 is 1.17 bits per heavy atom. The molecule has 7 heteroatoms. The standard InChI is InChI=1S/C22H24ClNO5/c1-5-28-22-17(23)11-16(12-19(22)27-4)8-9-21(26)29-13-20(25)24-18-10-14(2)6-7-15(18)3/h6-12H,5,13H2,1-4H3,(H,24,25)/b9-8+. The second-order valence-corrected chi connectivity index (χ2v) is 6.68. The molecule has 0 fully saturated rings. The van der Waals surface area contributed by atoms with Crippen LogP contribution in [0.2, 0.25) is 5.02 Å². The third kappa shape index (κ3) is 6.54. The van der Waals surface area contributed by atoms with E-state index in [1.54, 1.807) is 12.1 Å². The van der Waals surface area contributed by atoms with E-state index in [2.05, 4.69) is 5.32 Å². The van der Waals surface area contributed by atoms with Crippen LogP contribution in [0.5, 0.6) is 11.5 Å². The maximum atomic E-state index is 12.0. The Bertz CT molecular complexity index is 924. The van der Waals surface area contributed by atoms with E-state index in [0.717, 1.165) is 11.1 Å². The Morgan fingerprint density at radius 3 is 2.62 bits per heavy atom. The van der Waals surface area contributed by atoms with Gasteiger partial charge in [0, 0.05) is 11.8 Å². The number of carbonyl (C=O) groups excluding carboxylic acids is 2. The molecule has 154 valence electrons. The van der Waals surface area contributed by atoms with Gasteiger partial charge in [0.2, 0.25) is 0 Å². The zero-order chi connectivity index (χ0) is 21.4. The number of nitrogens with one attached hydrogen (secondary N) is 1. The van der Waals surface area contributed by atoms with E-state index < -0.39 is 11.9 Å². The zero-order valence-electron chi connectivity index (χ0n) is 16.9. The van der Waals surface area contributed by atoms with Crippen molar-refractivity contribution < 1.29 is 23.8 Å². The fraction of sp³-hybridized carbons (Fsp3) is 0.273. The quantitative estimate of drug-likeness (QED) is 0.503. The molecule has 2 aromatic rings. The second kappa shape index (κ2) is 10.5. The lowest BCUT2D eigenvalue weighted by Gasteiger charge is -2.11. The molecular weight excluding hydrogens is 394 g/mol. The van der Waals surface area contributed by atoms with Gasteiger partial charge in [-0.3, -0.25) is 4.79 Å². The van der Waals surface area contributed by atoms with Gasteiger partial charge in [-0.2, -0.15) is 0 Å². The Balaban J connectivity index is 1.95. The van der Waals surface area contributed by atoms with Gasteiger partial charge in [0.1, 0.15) is 0 Å². The van der Waals surface area contributed by atoms with Crippen LogP contribution in [-0.2, 0) is 14.3 Å². The van der Waals surface area contributed by atoms with Crippen LogP contribution in [0.1, 0.15) is 23.6 Å². The number of hydrogen-bond acceptors (Lipinski definition) is 5. The van der Waals surface area contributed by atoms with E-state index in [9.17, 15) is 9.59 Å². The highest BCUT2D eigenvalue weighted by Crippen LogP contribution is 2.36.